The highest BCUT2D eigenvalue weighted by Crippen LogP contribution is 2.31. The number of benzene rings is 2. The first-order chi connectivity index (χ1) is 13.7. The Bertz CT molecular complexity index is 1060. The van der Waals surface area contributed by atoms with Gasteiger partial charge in [0.2, 0.25) is 0 Å². The van der Waals surface area contributed by atoms with E-state index in [0.717, 1.165) is 29.7 Å². The van der Waals surface area contributed by atoms with Crippen LogP contribution < -0.4 is 10.6 Å². The highest BCUT2D eigenvalue weighted by Gasteiger charge is 2.30. The maximum absolute atomic E-state index is 12.5. The first-order valence-electron chi connectivity index (χ1n) is 8.59. The van der Waals surface area contributed by atoms with Crippen LogP contribution in [0.5, 0.6) is 0 Å². The Morgan fingerprint density at radius 2 is 1.62 bits per heavy atom. The molecule has 2 amide bonds. The summed E-state index contributed by atoms with van der Waals surface area (Å²) < 4.78 is 43.2. The SMILES string of the molecule is Cc1c(C(=O)NCCNC(=O)c2ccc(C(F)(F)F)cc2)oc2c(Cl)cccc12. The number of rotatable bonds is 5. The fourth-order valence-electron chi connectivity index (χ4n) is 2.77. The molecule has 1 heterocycles. The second kappa shape index (κ2) is 8.16. The van der Waals surface area contributed by atoms with Gasteiger partial charge in [-0.05, 0) is 37.3 Å². The number of nitrogens with one attached hydrogen (secondary N) is 2. The Kier molecular flexibility index (Phi) is 5.83. The molecule has 0 spiro atoms. The largest absolute Gasteiger partial charge is 0.449 e. The van der Waals surface area contributed by atoms with Crippen LogP contribution in [0.1, 0.15) is 32.0 Å². The molecule has 3 rings (SSSR count). The lowest BCUT2D eigenvalue weighted by Gasteiger charge is -2.09. The Morgan fingerprint density at radius 3 is 2.21 bits per heavy atom. The Hall–Kier alpha value is -3.00. The molecule has 2 aromatic carbocycles. The summed E-state index contributed by atoms with van der Waals surface area (Å²) >= 11 is 6.07. The van der Waals surface area contributed by atoms with Gasteiger partial charge in [0.25, 0.3) is 11.8 Å². The van der Waals surface area contributed by atoms with E-state index in [-0.39, 0.29) is 24.4 Å². The van der Waals surface area contributed by atoms with Crippen molar-refractivity contribution >= 4 is 34.4 Å². The fraction of sp³-hybridized carbons (Fsp3) is 0.200. The molecular formula is C20H16ClF3N2O3. The van der Waals surface area contributed by atoms with Crippen LogP contribution in [0, 0.1) is 6.92 Å². The first-order valence-corrected chi connectivity index (χ1v) is 8.97. The lowest BCUT2D eigenvalue weighted by molar-refractivity contribution is -0.137. The molecule has 0 aliphatic carbocycles. The fourth-order valence-corrected chi connectivity index (χ4v) is 2.98. The van der Waals surface area contributed by atoms with Crippen LogP contribution in [-0.4, -0.2) is 24.9 Å². The van der Waals surface area contributed by atoms with Gasteiger partial charge in [0.05, 0.1) is 10.6 Å². The topological polar surface area (TPSA) is 71.3 Å². The molecule has 0 unspecified atom stereocenters. The molecule has 0 saturated heterocycles. The van der Waals surface area contributed by atoms with E-state index in [1.807, 2.05) is 0 Å². The summed E-state index contributed by atoms with van der Waals surface area (Å²) in [5.74, 6) is -0.875. The van der Waals surface area contributed by atoms with Gasteiger partial charge in [-0.25, -0.2) is 0 Å². The number of furan rings is 1. The Labute approximate surface area is 168 Å². The molecule has 0 radical (unpaired) electrons. The van der Waals surface area contributed by atoms with Crippen molar-refractivity contribution in [2.45, 2.75) is 13.1 Å². The van der Waals surface area contributed by atoms with Crippen LogP contribution in [0.3, 0.4) is 0 Å². The van der Waals surface area contributed by atoms with Crippen LogP contribution in [0.4, 0.5) is 13.2 Å². The molecule has 0 aliphatic rings. The standard InChI is InChI=1S/C20H16ClF3N2O3/c1-11-14-3-2-4-15(21)17(14)29-16(11)19(28)26-10-9-25-18(27)12-5-7-13(8-6-12)20(22,23)24/h2-8H,9-10H2,1H3,(H,25,27)(H,26,28). The van der Waals surface area contributed by atoms with Crippen molar-refractivity contribution in [1.82, 2.24) is 10.6 Å². The van der Waals surface area contributed by atoms with Crippen LogP contribution in [0.15, 0.2) is 46.9 Å². The van der Waals surface area contributed by atoms with E-state index < -0.39 is 23.6 Å². The normalized spacial score (nSPS) is 11.5. The Balaban J connectivity index is 1.54. The van der Waals surface area contributed by atoms with Gasteiger partial charge in [-0.3, -0.25) is 9.59 Å². The number of hydrogen-bond donors (Lipinski definition) is 2. The number of carbonyl (C=O) groups is 2. The van der Waals surface area contributed by atoms with E-state index in [4.69, 9.17) is 16.0 Å². The minimum Gasteiger partial charge on any atom is -0.449 e. The van der Waals surface area contributed by atoms with Gasteiger partial charge in [0.15, 0.2) is 11.3 Å². The predicted molar refractivity (Wildman–Crippen MR) is 102 cm³/mol. The molecular weight excluding hydrogens is 409 g/mol. The van der Waals surface area contributed by atoms with Gasteiger partial charge in [-0.15, -0.1) is 0 Å². The summed E-state index contributed by atoms with van der Waals surface area (Å²) in [5, 5.41) is 6.28. The Morgan fingerprint density at radius 1 is 1.00 bits per heavy atom. The summed E-state index contributed by atoms with van der Waals surface area (Å²) in [4.78, 5) is 24.3. The monoisotopic (exact) mass is 424 g/mol. The third-order valence-electron chi connectivity index (χ3n) is 4.29. The summed E-state index contributed by atoms with van der Waals surface area (Å²) in [5.41, 5.74) is 0.330. The third kappa shape index (κ3) is 4.54. The summed E-state index contributed by atoms with van der Waals surface area (Å²) in [6, 6.07) is 9.08. The van der Waals surface area contributed by atoms with Crippen LogP contribution in [0.25, 0.3) is 11.0 Å². The van der Waals surface area contributed by atoms with Crippen LogP contribution in [-0.2, 0) is 6.18 Å². The summed E-state index contributed by atoms with van der Waals surface area (Å²) in [6.45, 7) is 1.94. The average Bonchev–Trinajstić information content (AvgIpc) is 3.02. The number of halogens is 4. The van der Waals surface area contributed by atoms with Crippen LogP contribution in [0.2, 0.25) is 5.02 Å². The zero-order chi connectivity index (χ0) is 21.2. The van der Waals surface area contributed by atoms with E-state index in [9.17, 15) is 22.8 Å². The lowest BCUT2D eigenvalue weighted by atomic mass is 10.1. The molecule has 29 heavy (non-hydrogen) atoms. The van der Waals surface area contributed by atoms with Crippen molar-refractivity contribution in [3.8, 4) is 0 Å². The van der Waals surface area contributed by atoms with Gasteiger partial charge in [0.1, 0.15) is 0 Å². The van der Waals surface area contributed by atoms with Crippen molar-refractivity contribution in [2.24, 2.45) is 0 Å². The lowest BCUT2D eigenvalue weighted by Crippen LogP contribution is -2.34. The molecule has 1 aromatic heterocycles. The molecule has 3 aromatic rings. The predicted octanol–water partition coefficient (Wildman–Crippen LogP) is 4.57. The van der Waals surface area contributed by atoms with Gasteiger partial charge in [-0.2, -0.15) is 13.2 Å². The zero-order valence-electron chi connectivity index (χ0n) is 15.2. The summed E-state index contributed by atoms with van der Waals surface area (Å²) in [7, 11) is 0. The molecule has 0 atom stereocenters. The van der Waals surface area contributed by atoms with Crippen molar-refractivity contribution in [3.63, 3.8) is 0 Å². The molecule has 0 aliphatic heterocycles. The molecule has 9 heteroatoms. The second-order valence-electron chi connectivity index (χ2n) is 6.26. The zero-order valence-corrected chi connectivity index (χ0v) is 15.9. The number of alkyl halides is 3. The number of aryl methyl sites for hydroxylation is 1. The van der Waals surface area contributed by atoms with Crippen molar-refractivity contribution in [3.05, 3.63) is 69.9 Å². The number of hydrogen-bond acceptors (Lipinski definition) is 3. The average molecular weight is 425 g/mol. The molecule has 152 valence electrons. The highest BCUT2D eigenvalue weighted by atomic mass is 35.5. The van der Waals surface area contributed by atoms with Crippen molar-refractivity contribution in [2.75, 3.05) is 13.1 Å². The van der Waals surface area contributed by atoms with Gasteiger partial charge in [-0.1, -0.05) is 23.7 Å². The van der Waals surface area contributed by atoms with E-state index >= 15 is 0 Å². The molecule has 0 bridgehead atoms. The highest BCUT2D eigenvalue weighted by molar-refractivity contribution is 6.35. The second-order valence-corrected chi connectivity index (χ2v) is 6.67. The number of fused-ring (bicyclic) bond motifs is 1. The van der Waals surface area contributed by atoms with Gasteiger partial charge in [0, 0.05) is 29.6 Å². The van der Waals surface area contributed by atoms with E-state index in [1.54, 1.807) is 25.1 Å². The number of carbonyl (C=O) groups excluding carboxylic acids is 2. The van der Waals surface area contributed by atoms with Crippen LogP contribution >= 0.6 is 11.6 Å². The quantitative estimate of drug-likeness (QED) is 0.589. The van der Waals surface area contributed by atoms with Crippen molar-refractivity contribution in [1.29, 1.82) is 0 Å². The van der Waals surface area contributed by atoms with E-state index in [0.29, 0.717) is 16.2 Å². The van der Waals surface area contributed by atoms with E-state index in [2.05, 4.69) is 10.6 Å². The first kappa shape index (κ1) is 20.7. The molecule has 5 nitrogen and oxygen atoms in total. The third-order valence-corrected chi connectivity index (χ3v) is 4.59. The van der Waals surface area contributed by atoms with Crippen molar-refractivity contribution < 1.29 is 27.2 Å². The smallest absolute Gasteiger partial charge is 0.416 e. The minimum absolute atomic E-state index is 0.0889. The minimum atomic E-state index is -4.46. The van der Waals surface area contributed by atoms with E-state index in [1.165, 1.54) is 0 Å². The van der Waals surface area contributed by atoms with Gasteiger partial charge < -0.3 is 15.1 Å². The number of para-hydroxylation sites is 1. The maximum Gasteiger partial charge on any atom is 0.416 e. The molecule has 0 saturated carbocycles. The molecule has 2 N–H and O–H groups in total. The molecule has 0 fully saturated rings. The number of amides is 2. The summed E-state index contributed by atoms with van der Waals surface area (Å²) in [6.07, 6.45) is -4.46. The maximum atomic E-state index is 12.5. The van der Waals surface area contributed by atoms with Gasteiger partial charge >= 0.3 is 6.18 Å².